The van der Waals surface area contributed by atoms with Gasteiger partial charge in [-0.1, -0.05) is 15.9 Å². The van der Waals surface area contributed by atoms with Gasteiger partial charge < -0.3 is 15.0 Å². The van der Waals surface area contributed by atoms with Gasteiger partial charge in [0.15, 0.2) is 0 Å². The molecule has 192 valence electrons. The Balaban J connectivity index is 2.02. The third kappa shape index (κ3) is 6.95. The second-order valence-corrected chi connectivity index (χ2v) is 10.8. The van der Waals surface area contributed by atoms with E-state index in [1.807, 2.05) is 38.1 Å². The number of fused-ring (bicyclic) bond motifs is 1. The molecule has 2 amide bonds. The highest BCUT2D eigenvalue weighted by molar-refractivity contribution is 9.10. The third-order valence-corrected chi connectivity index (χ3v) is 6.02. The van der Waals surface area contributed by atoms with E-state index in [2.05, 4.69) is 26.6 Å². The maximum Gasteiger partial charge on any atom is 0.412 e. The van der Waals surface area contributed by atoms with Gasteiger partial charge in [-0.15, -0.1) is 0 Å². The van der Waals surface area contributed by atoms with Gasteiger partial charge in [-0.2, -0.15) is 0 Å². The van der Waals surface area contributed by atoms with Crippen molar-refractivity contribution in [3.63, 3.8) is 0 Å². The first-order chi connectivity index (χ1) is 16.9. The Kier molecular flexibility index (Phi) is 8.58. The maximum absolute atomic E-state index is 13.5. The first-order valence-electron chi connectivity index (χ1n) is 11.7. The molecule has 0 atom stereocenters. The van der Waals surface area contributed by atoms with Crippen LogP contribution in [0.1, 0.15) is 42.4 Å². The van der Waals surface area contributed by atoms with Crippen LogP contribution in [0.5, 0.6) is 0 Å². The molecular formula is C27H33BrN4O4. The first kappa shape index (κ1) is 27.4. The number of aromatic nitrogens is 1. The Morgan fingerprint density at radius 1 is 1.06 bits per heavy atom. The van der Waals surface area contributed by atoms with E-state index in [4.69, 9.17) is 4.74 Å². The van der Waals surface area contributed by atoms with E-state index in [9.17, 15) is 14.4 Å². The average molecular weight is 557 g/mol. The minimum atomic E-state index is -0.638. The van der Waals surface area contributed by atoms with E-state index < -0.39 is 11.7 Å². The standard InChI is InChI=1S/C27H33BrN4O4/c1-17-21(16-24(33)29-13-14-31(5)6)22-15-20(30-26(35)36-27(2,3)4)11-12-23(22)32(17)25(34)18-7-9-19(28)10-8-18/h7-12,15H,13-14,16H2,1-6H3,(H,29,33)(H,30,35). The molecule has 0 fully saturated rings. The van der Waals surface area contributed by atoms with E-state index in [0.717, 1.165) is 16.6 Å². The van der Waals surface area contributed by atoms with Crippen LogP contribution >= 0.6 is 15.9 Å². The van der Waals surface area contributed by atoms with Crippen LogP contribution in [-0.4, -0.2) is 60.2 Å². The van der Waals surface area contributed by atoms with Crippen molar-refractivity contribution in [2.45, 2.75) is 39.7 Å². The zero-order valence-electron chi connectivity index (χ0n) is 21.6. The third-order valence-electron chi connectivity index (χ3n) is 5.49. The smallest absolute Gasteiger partial charge is 0.412 e. The van der Waals surface area contributed by atoms with E-state index in [1.165, 1.54) is 0 Å². The number of rotatable bonds is 7. The highest BCUT2D eigenvalue weighted by Crippen LogP contribution is 2.30. The summed E-state index contributed by atoms with van der Waals surface area (Å²) >= 11 is 3.40. The van der Waals surface area contributed by atoms with Crippen molar-refractivity contribution in [3.05, 3.63) is 63.8 Å². The largest absolute Gasteiger partial charge is 0.444 e. The number of amides is 2. The summed E-state index contributed by atoms with van der Waals surface area (Å²) in [7, 11) is 3.88. The molecule has 0 spiro atoms. The van der Waals surface area contributed by atoms with Gasteiger partial charge in [-0.05, 0) is 89.8 Å². The maximum atomic E-state index is 13.5. The summed E-state index contributed by atoms with van der Waals surface area (Å²) in [5, 5.41) is 6.40. The predicted octanol–water partition coefficient (Wildman–Crippen LogP) is 4.97. The minimum Gasteiger partial charge on any atom is -0.444 e. The number of hydrogen-bond donors (Lipinski definition) is 2. The van der Waals surface area contributed by atoms with Crippen molar-refractivity contribution in [3.8, 4) is 0 Å². The minimum absolute atomic E-state index is 0.103. The zero-order valence-corrected chi connectivity index (χ0v) is 23.2. The molecular weight excluding hydrogens is 524 g/mol. The van der Waals surface area contributed by atoms with Crippen molar-refractivity contribution in [1.29, 1.82) is 0 Å². The molecule has 0 aliphatic rings. The number of halogens is 1. The SMILES string of the molecule is Cc1c(CC(=O)NCCN(C)C)c2cc(NC(=O)OC(C)(C)C)ccc2n1C(=O)c1ccc(Br)cc1. The molecule has 2 N–H and O–H groups in total. The van der Waals surface area contributed by atoms with Crippen LogP contribution in [0, 0.1) is 6.92 Å². The molecule has 0 bridgehead atoms. The van der Waals surface area contributed by atoms with Crippen molar-refractivity contribution >= 4 is 50.4 Å². The van der Waals surface area contributed by atoms with Gasteiger partial charge in [0, 0.05) is 39.9 Å². The van der Waals surface area contributed by atoms with Crippen LogP contribution in [0.3, 0.4) is 0 Å². The van der Waals surface area contributed by atoms with Crippen molar-refractivity contribution in [2.24, 2.45) is 0 Å². The molecule has 2 aromatic carbocycles. The number of benzene rings is 2. The van der Waals surface area contributed by atoms with Crippen LogP contribution in [0.25, 0.3) is 10.9 Å². The van der Waals surface area contributed by atoms with Gasteiger partial charge in [0.2, 0.25) is 5.91 Å². The average Bonchev–Trinajstić information content (AvgIpc) is 3.03. The second-order valence-electron chi connectivity index (χ2n) is 9.90. The van der Waals surface area contributed by atoms with Crippen molar-refractivity contribution in [2.75, 3.05) is 32.5 Å². The second kappa shape index (κ2) is 11.3. The van der Waals surface area contributed by atoms with E-state index in [0.29, 0.717) is 34.4 Å². The predicted molar refractivity (Wildman–Crippen MR) is 146 cm³/mol. The van der Waals surface area contributed by atoms with Gasteiger partial charge in [0.25, 0.3) is 5.91 Å². The van der Waals surface area contributed by atoms with E-state index in [-0.39, 0.29) is 18.2 Å². The van der Waals surface area contributed by atoms with Crippen molar-refractivity contribution in [1.82, 2.24) is 14.8 Å². The molecule has 1 heterocycles. The number of likely N-dealkylation sites (N-methyl/N-ethyl adjacent to an activating group) is 1. The summed E-state index contributed by atoms with van der Waals surface area (Å²) < 4.78 is 7.86. The summed E-state index contributed by atoms with van der Waals surface area (Å²) in [6, 6.07) is 12.4. The van der Waals surface area contributed by atoms with Crippen LogP contribution < -0.4 is 10.6 Å². The summed E-state index contributed by atoms with van der Waals surface area (Å²) in [6.45, 7) is 8.45. The lowest BCUT2D eigenvalue weighted by atomic mass is 10.1. The molecule has 1 aromatic heterocycles. The highest BCUT2D eigenvalue weighted by Gasteiger charge is 2.23. The number of anilines is 1. The molecule has 0 saturated carbocycles. The fraction of sp³-hybridized carbons (Fsp3) is 0.370. The van der Waals surface area contributed by atoms with Gasteiger partial charge >= 0.3 is 6.09 Å². The lowest BCUT2D eigenvalue weighted by Crippen LogP contribution is -2.32. The Labute approximate surface area is 220 Å². The number of ether oxygens (including phenoxy) is 1. The number of carbonyl (C=O) groups is 3. The number of nitrogens with one attached hydrogen (secondary N) is 2. The van der Waals surface area contributed by atoms with Crippen LogP contribution in [0.2, 0.25) is 0 Å². The topological polar surface area (TPSA) is 92.7 Å². The lowest BCUT2D eigenvalue weighted by molar-refractivity contribution is -0.120. The zero-order chi connectivity index (χ0) is 26.6. The van der Waals surface area contributed by atoms with Crippen LogP contribution in [0.15, 0.2) is 46.9 Å². The molecule has 8 nitrogen and oxygen atoms in total. The van der Waals surface area contributed by atoms with E-state index >= 15 is 0 Å². The molecule has 3 rings (SSSR count). The summed E-state index contributed by atoms with van der Waals surface area (Å²) in [5.74, 6) is -0.335. The number of nitrogens with zero attached hydrogens (tertiary/aromatic N) is 2. The number of hydrogen-bond acceptors (Lipinski definition) is 5. The first-order valence-corrected chi connectivity index (χ1v) is 12.5. The van der Waals surface area contributed by atoms with Crippen molar-refractivity contribution < 1.29 is 19.1 Å². The van der Waals surface area contributed by atoms with Crippen LogP contribution in [0.4, 0.5) is 10.5 Å². The lowest BCUT2D eigenvalue weighted by Gasteiger charge is -2.19. The summed E-state index contributed by atoms with van der Waals surface area (Å²) in [4.78, 5) is 40.6. The van der Waals surface area contributed by atoms with E-state index in [1.54, 1.807) is 55.7 Å². The summed E-state index contributed by atoms with van der Waals surface area (Å²) in [5.41, 5.74) is 2.46. The normalized spacial score (nSPS) is 11.6. The van der Waals surface area contributed by atoms with Crippen LogP contribution in [-0.2, 0) is 16.0 Å². The molecule has 36 heavy (non-hydrogen) atoms. The monoisotopic (exact) mass is 556 g/mol. The Hall–Kier alpha value is -3.17. The van der Waals surface area contributed by atoms with Gasteiger partial charge in [-0.3, -0.25) is 19.5 Å². The molecule has 3 aromatic rings. The summed E-state index contributed by atoms with van der Waals surface area (Å²) in [6.07, 6.45) is -0.473. The van der Waals surface area contributed by atoms with Gasteiger partial charge in [0.05, 0.1) is 11.9 Å². The quantitative estimate of drug-likeness (QED) is 0.428. The molecule has 0 radical (unpaired) electrons. The Bertz CT molecular complexity index is 1270. The fourth-order valence-corrected chi connectivity index (χ4v) is 4.10. The fourth-order valence-electron chi connectivity index (χ4n) is 3.83. The molecule has 9 heteroatoms. The number of carbonyl (C=O) groups excluding carboxylic acids is 3. The molecule has 0 aliphatic heterocycles. The molecule has 0 aliphatic carbocycles. The van der Waals surface area contributed by atoms with Gasteiger partial charge in [-0.25, -0.2) is 4.79 Å². The van der Waals surface area contributed by atoms with Gasteiger partial charge in [0.1, 0.15) is 5.60 Å². The Morgan fingerprint density at radius 2 is 1.72 bits per heavy atom. The molecule has 0 saturated heterocycles. The Morgan fingerprint density at radius 3 is 2.33 bits per heavy atom. The molecule has 0 unspecified atom stereocenters. The highest BCUT2D eigenvalue weighted by atomic mass is 79.9.